The summed E-state index contributed by atoms with van der Waals surface area (Å²) in [5.41, 5.74) is 6.00. The molecule has 4 nitrogen and oxygen atoms in total. The van der Waals surface area contributed by atoms with Crippen LogP contribution in [0.2, 0.25) is 0 Å². The van der Waals surface area contributed by atoms with Gasteiger partial charge in [-0.25, -0.2) is 0 Å². The molecule has 19 heavy (non-hydrogen) atoms. The smallest absolute Gasteiger partial charge is 0.248 e. The van der Waals surface area contributed by atoms with E-state index in [-0.39, 0.29) is 0 Å². The molecule has 4 heteroatoms. The highest BCUT2D eigenvalue weighted by molar-refractivity contribution is 5.93. The van der Waals surface area contributed by atoms with E-state index in [1.807, 2.05) is 12.1 Å². The van der Waals surface area contributed by atoms with Crippen LogP contribution in [0.1, 0.15) is 48.9 Å². The van der Waals surface area contributed by atoms with Gasteiger partial charge in [0.2, 0.25) is 5.91 Å². The molecule has 1 aromatic rings. The highest BCUT2D eigenvalue weighted by Crippen LogP contribution is 2.27. The third-order valence-corrected chi connectivity index (χ3v) is 3.83. The fraction of sp³-hybridized carbons (Fsp3) is 0.533. The van der Waals surface area contributed by atoms with Crippen molar-refractivity contribution in [2.45, 2.75) is 44.1 Å². The molecule has 1 saturated carbocycles. The molecular formula is C15H22N2O2. The molecule has 0 heterocycles. The molecule has 4 N–H and O–H groups in total. The summed E-state index contributed by atoms with van der Waals surface area (Å²) in [7, 11) is 0. The van der Waals surface area contributed by atoms with Crippen molar-refractivity contribution in [2.24, 2.45) is 5.73 Å². The van der Waals surface area contributed by atoms with E-state index >= 15 is 0 Å². The maximum atomic E-state index is 11.0. The van der Waals surface area contributed by atoms with Gasteiger partial charge in [0.25, 0.3) is 0 Å². The molecule has 1 aliphatic rings. The lowest BCUT2D eigenvalue weighted by molar-refractivity contribution is 0.0381. The van der Waals surface area contributed by atoms with Crippen LogP contribution < -0.4 is 11.1 Å². The predicted octanol–water partition coefficient (Wildman–Crippen LogP) is 2.28. The summed E-state index contributed by atoms with van der Waals surface area (Å²) in [4.78, 5) is 11.0. The van der Waals surface area contributed by atoms with E-state index in [1.54, 1.807) is 12.1 Å². The van der Waals surface area contributed by atoms with Crippen molar-refractivity contribution in [2.75, 3.05) is 11.9 Å². The fourth-order valence-corrected chi connectivity index (χ4v) is 2.58. The lowest BCUT2D eigenvalue weighted by Gasteiger charge is -2.27. The number of aliphatic hydroxyl groups is 1. The van der Waals surface area contributed by atoms with E-state index in [0.717, 1.165) is 31.4 Å². The number of hydrogen-bond acceptors (Lipinski definition) is 3. The van der Waals surface area contributed by atoms with E-state index in [4.69, 9.17) is 5.73 Å². The van der Waals surface area contributed by atoms with Crippen LogP contribution in [-0.2, 0) is 0 Å². The monoisotopic (exact) mass is 262 g/mol. The summed E-state index contributed by atoms with van der Waals surface area (Å²) < 4.78 is 0. The summed E-state index contributed by atoms with van der Waals surface area (Å²) in [6.45, 7) is 0.558. The van der Waals surface area contributed by atoms with E-state index < -0.39 is 11.5 Å². The van der Waals surface area contributed by atoms with Gasteiger partial charge < -0.3 is 16.2 Å². The number of nitrogens with one attached hydrogen (secondary N) is 1. The third-order valence-electron chi connectivity index (χ3n) is 3.83. The largest absolute Gasteiger partial charge is 0.388 e. The number of primary amides is 1. The van der Waals surface area contributed by atoms with Crippen LogP contribution in [0, 0.1) is 0 Å². The van der Waals surface area contributed by atoms with Crippen LogP contribution in [0.5, 0.6) is 0 Å². The maximum absolute atomic E-state index is 11.0. The number of hydrogen-bond donors (Lipinski definition) is 3. The topological polar surface area (TPSA) is 75.4 Å². The van der Waals surface area contributed by atoms with Crippen molar-refractivity contribution < 1.29 is 9.90 Å². The zero-order valence-electron chi connectivity index (χ0n) is 11.2. The standard InChI is InChI=1S/C15H22N2O2/c16-14(18)12-5-7-13(8-6-12)17-11-15(19)9-3-1-2-4-10-15/h5-8,17,19H,1-4,9-11H2,(H2,16,18). The van der Waals surface area contributed by atoms with Crippen molar-refractivity contribution >= 4 is 11.6 Å². The minimum atomic E-state index is -0.598. The molecule has 0 bridgehead atoms. The summed E-state index contributed by atoms with van der Waals surface area (Å²) in [6.07, 6.45) is 6.35. The Balaban J connectivity index is 1.92. The molecule has 0 aromatic heterocycles. The number of amides is 1. The SMILES string of the molecule is NC(=O)c1ccc(NCC2(O)CCCCCC2)cc1. The molecule has 0 spiro atoms. The second kappa shape index (κ2) is 6.06. The van der Waals surface area contributed by atoms with E-state index in [9.17, 15) is 9.90 Å². The average Bonchev–Trinajstić information content (AvgIpc) is 2.62. The first-order chi connectivity index (χ1) is 9.09. The minimum absolute atomic E-state index is 0.422. The molecule has 0 atom stereocenters. The summed E-state index contributed by atoms with van der Waals surface area (Å²) in [5, 5.41) is 13.8. The zero-order chi connectivity index (χ0) is 13.7. The van der Waals surface area contributed by atoms with Gasteiger partial charge in [-0.15, -0.1) is 0 Å². The first-order valence-electron chi connectivity index (χ1n) is 6.95. The van der Waals surface area contributed by atoms with Crippen LogP contribution in [0.4, 0.5) is 5.69 Å². The van der Waals surface area contributed by atoms with Crippen LogP contribution in [0.25, 0.3) is 0 Å². The number of rotatable bonds is 4. The fourth-order valence-electron chi connectivity index (χ4n) is 2.58. The van der Waals surface area contributed by atoms with E-state index in [1.165, 1.54) is 12.8 Å². The van der Waals surface area contributed by atoms with Gasteiger partial charge in [0.15, 0.2) is 0 Å². The normalized spacial score (nSPS) is 18.6. The Kier molecular flexibility index (Phi) is 4.43. The van der Waals surface area contributed by atoms with Crippen LogP contribution in [0.3, 0.4) is 0 Å². The van der Waals surface area contributed by atoms with Gasteiger partial charge in [-0.1, -0.05) is 25.7 Å². The van der Waals surface area contributed by atoms with Crippen LogP contribution in [0.15, 0.2) is 24.3 Å². The summed E-state index contributed by atoms with van der Waals surface area (Å²) in [6, 6.07) is 7.03. The van der Waals surface area contributed by atoms with Crippen molar-refractivity contribution in [3.63, 3.8) is 0 Å². The summed E-state index contributed by atoms with van der Waals surface area (Å²) in [5.74, 6) is -0.422. The highest BCUT2D eigenvalue weighted by atomic mass is 16.3. The number of anilines is 1. The Bertz CT molecular complexity index is 420. The molecular weight excluding hydrogens is 240 g/mol. The van der Waals surface area contributed by atoms with E-state index in [2.05, 4.69) is 5.32 Å². The maximum Gasteiger partial charge on any atom is 0.248 e. The molecule has 104 valence electrons. The van der Waals surface area contributed by atoms with Gasteiger partial charge in [-0.05, 0) is 37.1 Å². The third kappa shape index (κ3) is 3.96. The van der Waals surface area contributed by atoms with Crippen molar-refractivity contribution in [1.82, 2.24) is 0 Å². The Morgan fingerprint density at radius 3 is 2.26 bits per heavy atom. The van der Waals surface area contributed by atoms with Gasteiger partial charge in [0.05, 0.1) is 5.60 Å². The highest BCUT2D eigenvalue weighted by Gasteiger charge is 2.27. The Hall–Kier alpha value is -1.55. The molecule has 1 amide bonds. The van der Waals surface area contributed by atoms with Crippen molar-refractivity contribution in [3.8, 4) is 0 Å². The summed E-state index contributed by atoms with van der Waals surface area (Å²) >= 11 is 0. The molecule has 0 aliphatic heterocycles. The van der Waals surface area contributed by atoms with Gasteiger partial charge in [0, 0.05) is 17.8 Å². The van der Waals surface area contributed by atoms with Crippen molar-refractivity contribution in [1.29, 1.82) is 0 Å². The van der Waals surface area contributed by atoms with Gasteiger partial charge in [-0.3, -0.25) is 4.79 Å². The van der Waals surface area contributed by atoms with E-state index in [0.29, 0.717) is 12.1 Å². The van der Waals surface area contributed by atoms with Gasteiger partial charge >= 0.3 is 0 Å². The average molecular weight is 262 g/mol. The Morgan fingerprint density at radius 2 is 1.74 bits per heavy atom. The second-order valence-electron chi connectivity index (χ2n) is 5.43. The Labute approximate surface area is 114 Å². The van der Waals surface area contributed by atoms with Crippen LogP contribution in [-0.4, -0.2) is 23.2 Å². The molecule has 2 rings (SSSR count). The number of carbonyl (C=O) groups is 1. The predicted molar refractivity (Wildman–Crippen MR) is 76.1 cm³/mol. The molecule has 1 fully saturated rings. The molecule has 0 radical (unpaired) electrons. The first kappa shape index (κ1) is 13.9. The Morgan fingerprint density at radius 1 is 1.16 bits per heavy atom. The molecule has 0 unspecified atom stereocenters. The minimum Gasteiger partial charge on any atom is -0.388 e. The lowest BCUT2D eigenvalue weighted by Crippen LogP contribution is -2.36. The van der Waals surface area contributed by atoms with Crippen molar-refractivity contribution in [3.05, 3.63) is 29.8 Å². The second-order valence-corrected chi connectivity index (χ2v) is 5.43. The number of benzene rings is 1. The number of nitrogens with two attached hydrogens (primary N) is 1. The molecule has 1 aliphatic carbocycles. The first-order valence-corrected chi connectivity index (χ1v) is 6.95. The molecule has 1 aromatic carbocycles. The zero-order valence-corrected chi connectivity index (χ0v) is 11.2. The van der Waals surface area contributed by atoms with Gasteiger partial charge in [0.1, 0.15) is 0 Å². The quantitative estimate of drug-likeness (QED) is 0.729. The lowest BCUT2D eigenvalue weighted by atomic mass is 9.94. The van der Waals surface area contributed by atoms with Crippen LogP contribution >= 0.6 is 0 Å². The number of carbonyl (C=O) groups excluding carboxylic acids is 1. The molecule has 0 saturated heterocycles. The van der Waals surface area contributed by atoms with Gasteiger partial charge in [-0.2, -0.15) is 0 Å².